The molecule has 2 heterocycles. The smallest absolute Gasteiger partial charge is 0.410 e. The molecule has 1 amide bonds. The van der Waals surface area contributed by atoms with Crippen LogP contribution in [0.1, 0.15) is 45.0 Å². The zero-order chi connectivity index (χ0) is 16.5. The molecule has 1 atom stereocenters. The van der Waals surface area contributed by atoms with Crippen molar-refractivity contribution in [2.24, 2.45) is 7.05 Å². The van der Waals surface area contributed by atoms with Crippen LogP contribution < -0.4 is 5.32 Å². The number of rotatable bonds is 3. The third-order valence-electron chi connectivity index (χ3n) is 4.03. The predicted molar refractivity (Wildman–Crippen MR) is 87.1 cm³/mol. The number of ether oxygens (including phenoxy) is 1. The SMILES string of the molecule is Cc1nn(C)c(C)c1NCC1CCCN1C(=O)OC(C)(C)C. The van der Waals surface area contributed by atoms with E-state index in [2.05, 4.69) is 10.4 Å². The Kier molecular flexibility index (Phi) is 4.68. The van der Waals surface area contributed by atoms with Crippen LogP contribution in [-0.2, 0) is 11.8 Å². The molecule has 0 aliphatic carbocycles. The quantitative estimate of drug-likeness (QED) is 0.933. The molecular weight excluding hydrogens is 280 g/mol. The molecule has 124 valence electrons. The van der Waals surface area contributed by atoms with Gasteiger partial charge in [0.25, 0.3) is 0 Å². The Hall–Kier alpha value is -1.72. The minimum atomic E-state index is -0.450. The summed E-state index contributed by atoms with van der Waals surface area (Å²) in [4.78, 5) is 14.1. The zero-order valence-electron chi connectivity index (χ0n) is 14.6. The molecule has 1 aliphatic heterocycles. The van der Waals surface area contributed by atoms with E-state index in [4.69, 9.17) is 4.74 Å². The minimum absolute atomic E-state index is 0.175. The van der Waals surface area contributed by atoms with Gasteiger partial charge < -0.3 is 15.0 Å². The summed E-state index contributed by atoms with van der Waals surface area (Å²) in [5.74, 6) is 0. The highest BCUT2D eigenvalue weighted by Gasteiger charge is 2.32. The Morgan fingerprint density at radius 2 is 2.09 bits per heavy atom. The van der Waals surface area contributed by atoms with Crippen molar-refractivity contribution >= 4 is 11.8 Å². The van der Waals surface area contributed by atoms with Gasteiger partial charge in [-0.3, -0.25) is 4.68 Å². The summed E-state index contributed by atoms with van der Waals surface area (Å²) in [6.45, 7) is 11.2. The summed E-state index contributed by atoms with van der Waals surface area (Å²) in [5, 5.41) is 7.87. The van der Waals surface area contributed by atoms with Gasteiger partial charge in [-0.2, -0.15) is 5.10 Å². The number of nitrogens with one attached hydrogen (secondary N) is 1. The molecule has 0 bridgehead atoms. The first-order chi connectivity index (χ1) is 10.2. The van der Waals surface area contributed by atoms with Gasteiger partial charge in [-0.15, -0.1) is 0 Å². The third kappa shape index (κ3) is 3.72. The molecule has 1 unspecified atom stereocenters. The van der Waals surface area contributed by atoms with E-state index in [1.807, 2.05) is 51.2 Å². The van der Waals surface area contributed by atoms with E-state index >= 15 is 0 Å². The Labute approximate surface area is 132 Å². The van der Waals surface area contributed by atoms with Gasteiger partial charge in [-0.05, 0) is 47.5 Å². The second-order valence-corrected chi connectivity index (χ2v) is 7.02. The van der Waals surface area contributed by atoms with Crippen molar-refractivity contribution in [3.05, 3.63) is 11.4 Å². The van der Waals surface area contributed by atoms with Gasteiger partial charge in [-0.25, -0.2) is 4.79 Å². The van der Waals surface area contributed by atoms with E-state index in [0.717, 1.165) is 43.0 Å². The van der Waals surface area contributed by atoms with E-state index in [-0.39, 0.29) is 12.1 Å². The van der Waals surface area contributed by atoms with Crippen LogP contribution >= 0.6 is 0 Å². The molecule has 22 heavy (non-hydrogen) atoms. The first kappa shape index (κ1) is 16.6. The lowest BCUT2D eigenvalue weighted by molar-refractivity contribution is 0.0235. The molecule has 0 aromatic carbocycles. The number of carbonyl (C=O) groups excluding carboxylic acids is 1. The molecule has 2 rings (SSSR count). The molecule has 1 aliphatic rings. The average Bonchev–Trinajstić information content (AvgIpc) is 2.92. The lowest BCUT2D eigenvalue weighted by Crippen LogP contribution is -2.42. The number of amides is 1. The largest absolute Gasteiger partial charge is 0.444 e. The molecule has 1 aromatic heterocycles. The maximum Gasteiger partial charge on any atom is 0.410 e. The highest BCUT2D eigenvalue weighted by atomic mass is 16.6. The van der Waals surface area contributed by atoms with E-state index in [1.54, 1.807) is 0 Å². The Morgan fingerprint density at radius 3 is 2.64 bits per heavy atom. The number of aromatic nitrogens is 2. The third-order valence-corrected chi connectivity index (χ3v) is 4.03. The molecule has 0 spiro atoms. The molecular formula is C16H28N4O2. The maximum atomic E-state index is 12.3. The van der Waals surface area contributed by atoms with Crippen molar-refractivity contribution in [2.75, 3.05) is 18.4 Å². The number of carbonyl (C=O) groups is 1. The summed E-state index contributed by atoms with van der Waals surface area (Å²) < 4.78 is 7.37. The van der Waals surface area contributed by atoms with Crippen LogP contribution in [0.25, 0.3) is 0 Å². The Bertz CT molecular complexity index is 545. The van der Waals surface area contributed by atoms with Gasteiger partial charge in [0.05, 0.1) is 23.1 Å². The molecule has 1 aromatic rings. The number of nitrogens with zero attached hydrogens (tertiary/aromatic N) is 3. The molecule has 0 radical (unpaired) electrons. The molecule has 1 N–H and O–H groups in total. The average molecular weight is 308 g/mol. The van der Waals surface area contributed by atoms with Crippen LogP contribution in [0.15, 0.2) is 0 Å². The van der Waals surface area contributed by atoms with Crippen LogP contribution in [0.5, 0.6) is 0 Å². The van der Waals surface area contributed by atoms with Gasteiger partial charge >= 0.3 is 6.09 Å². The van der Waals surface area contributed by atoms with Crippen LogP contribution in [0, 0.1) is 13.8 Å². The summed E-state index contributed by atoms with van der Waals surface area (Å²) >= 11 is 0. The van der Waals surface area contributed by atoms with Gasteiger partial charge in [0.15, 0.2) is 0 Å². The fourth-order valence-corrected chi connectivity index (χ4v) is 2.86. The van der Waals surface area contributed by atoms with Gasteiger partial charge in [0, 0.05) is 20.1 Å². The van der Waals surface area contributed by atoms with Crippen LogP contribution in [0.4, 0.5) is 10.5 Å². The molecule has 6 heteroatoms. The monoisotopic (exact) mass is 308 g/mol. The number of aryl methyl sites for hydroxylation is 2. The predicted octanol–water partition coefficient (Wildman–Crippen LogP) is 2.85. The lowest BCUT2D eigenvalue weighted by atomic mass is 10.2. The van der Waals surface area contributed by atoms with Gasteiger partial charge in [-0.1, -0.05) is 0 Å². The highest BCUT2D eigenvalue weighted by molar-refractivity contribution is 5.69. The van der Waals surface area contributed by atoms with Gasteiger partial charge in [0.2, 0.25) is 0 Å². The molecule has 0 saturated carbocycles. The van der Waals surface area contributed by atoms with E-state index in [1.165, 1.54) is 0 Å². The molecule has 1 fully saturated rings. The topological polar surface area (TPSA) is 59.4 Å². The first-order valence-electron chi connectivity index (χ1n) is 7.92. The molecule has 6 nitrogen and oxygen atoms in total. The van der Waals surface area contributed by atoms with Crippen LogP contribution in [-0.4, -0.2) is 45.5 Å². The normalized spacial score (nSPS) is 18.6. The minimum Gasteiger partial charge on any atom is -0.444 e. The fourth-order valence-electron chi connectivity index (χ4n) is 2.86. The van der Waals surface area contributed by atoms with Crippen molar-refractivity contribution in [3.63, 3.8) is 0 Å². The first-order valence-corrected chi connectivity index (χ1v) is 7.92. The summed E-state index contributed by atoms with van der Waals surface area (Å²) in [7, 11) is 1.94. The summed E-state index contributed by atoms with van der Waals surface area (Å²) in [6, 6.07) is 0.175. The van der Waals surface area contributed by atoms with Crippen LogP contribution in [0.2, 0.25) is 0 Å². The number of anilines is 1. The second-order valence-electron chi connectivity index (χ2n) is 7.02. The molecule has 1 saturated heterocycles. The van der Waals surface area contributed by atoms with Crippen molar-refractivity contribution in [2.45, 2.75) is 59.1 Å². The lowest BCUT2D eigenvalue weighted by Gasteiger charge is -2.29. The summed E-state index contributed by atoms with van der Waals surface area (Å²) in [5.41, 5.74) is 2.72. The number of likely N-dealkylation sites (tertiary alicyclic amines) is 1. The highest BCUT2D eigenvalue weighted by Crippen LogP contribution is 2.23. The number of hydrogen-bond acceptors (Lipinski definition) is 4. The van der Waals surface area contributed by atoms with E-state index in [9.17, 15) is 4.79 Å². The number of hydrogen-bond donors (Lipinski definition) is 1. The van der Waals surface area contributed by atoms with Gasteiger partial charge in [0.1, 0.15) is 5.60 Å². The van der Waals surface area contributed by atoms with E-state index in [0.29, 0.717) is 0 Å². The van der Waals surface area contributed by atoms with Crippen molar-refractivity contribution in [3.8, 4) is 0 Å². The van der Waals surface area contributed by atoms with Crippen molar-refractivity contribution < 1.29 is 9.53 Å². The van der Waals surface area contributed by atoms with Crippen molar-refractivity contribution in [1.82, 2.24) is 14.7 Å². The standard InChI is InChI=1S/C16H28N4O2/c1-11-14(12(2)19(6)18-11)17-10-13-8-7-9-20(13)15(21)22-16(3,4)5/h13,17H,7-10H2,1-6H3. The Balaban J connectivity index is 1.98. The maximum absolute atomic E-state index is 12.3. The summed E-state index contributed by atoms with van der Waals surface area (Å²) in [6.07, 6.45) is 1.82. The zero-order valence-corrected chi connectivity index (χ0v) is 14.6. The second kappa shape index (κ2) is 6.18. The van der Waals surface area contributed by atoms with Crippen LogP contribution in [0.3, 0.4) is 0 Å². The van der Waals surface area contributed by atoms with Crippen molar-refractivity contribution in [1.29, 1.82) is 0 Å². The Morgan fingerprint density at radius 1 is 1.41 bits per heavy atom. The fraction of sp³-hybridized carbons (Fsp3) is 0.750. The van der Waals surface area contributed by atoms with E-state index < -0.39 is 5.60 Å².